The van der Waals surface area contributed by atoms with E-state index in [0.29, 0.717) is 13.2 Å². The molecule has 0 fully saturated rings. The Labute approximate surface area is 144 Å². The fourth-order valence-electron chi connectivity index (χ4n) is 2.50. The summed E-state index contributed by atoms with van der Waals surface area (Å²) >= 11 is 0. The summed E-state index contributed by atoms with van der Waals surface area (Å²) in [5, 5.41) is 7.15. The molecule has 1 aromatic heterocycles. The third kappa shape index (κ3) is 4.76. The van der Waals surface area contributed by atoms with Crippen LogP contribution < -0.4 is 10.1 Å². The Morgan fingerprint density at radius 3 is 2.72 bits per heavy atom. The summed E-state index contributed by atoms with van der Waals surface area (Å²) in [5.41, 5.74) is 2.67. The molecule has 1 N–H and O–H groups in total. The highest BCUT2D eigenvalue weighted by molar-refractivity contribution is 5.96. The molecule has 2 rings (SSSR count). The van der Waals surface area contributed by atoms with Gasteiger partial charge in [0.05, 0.1) is 24.4 Å². The first-order valence-corrected chi connectivity index (χ1v) is 7.78. The van der Waals surface area contributed by atoms with Gasteiger partial charge in [0.15, 0.2) is 0 Å². The second-order valence-corrected chi connectivity index (χ2v) is 5.42. The molecular weight excluding hydrogens is 332 g/mol. The van der Waals surface area contributed by atoms with Crippen LogP contribution in [0.5, 0.6) is 5.75 Å². The molecule has 1 amide bonds. The molecule has 25 heavy (non-hydrogen) atoms. The highest BCUT2D eigenvalue weighted by Crippen LogP contribution is 2.20. The highest BCUT2D eigenvalue weighted by atomic mass is 19.3. The largest absolute Gasteiger partial charge is 0.434 e. The second-order valence-electron chi connectivity index (χ2n) is 5.42. The van der Waals surface area contributed by atoms with Crippen LogP contribution in [0.25, 0.3) is 0 Å². The third-order valence-corrected chi connectivity index (χ3v) is 3.81. The van der Waals surface area contributed by atoms with E-state index in [4.69, 9.17) is 4.74 Å². The number of alkyl halides is 2. The van der Waals surface area contributed by atoms with Crippen LogP contribution in [0, 0.1) is 13.8 Å². The Balaban J connectivity index is 2.09. The van der Waals surface area contributed by atoms with Crippen LogP contribution in [0.2, 0.25) is 0 Å². The molecule has 0 spiro atoms. The predicted molar refractivity (Wildman–Crippen MR) is 87.8 cm³/mol. The maximum absolute atomic E-state index is 12.4. The highest BCUT2D eigenvalue weighted by Gasteiger charge is 2.17. The van der Waals surface area contributed by atoms with Gasteiger partial charge < -0.3 is 14.8 Å². The van der Waals surface area contributed by atoms with E-state index in [9.17, 15) is 13.6 Å². The number of ether oxygens (including phenoxy) is 2. The van der Waals surface area contributed by atoms with E-state index in [1.165, 1.54) is 18.2 Å². The minimum Gasteiger partial charge on any atom is -0.434 e. The number of nitrogens with zero attached hydrogens (tertiary/aromatic N) is 2. The van der Waals surface area contributed by atoms with Crippen molar-refractivity contribution in [3.8, 4) is 5.75 Å². The van der Waals surface area contributed by atoms with E-state index in [2.05, 4.69) is 15.2 Å². The molecule has 1 heterocycles. The van der Waals surface area contributed by atoms with Crippen LogP contribution in [-0.2, 0) is 17.8 Å². The van der Waals surface area contributed by atoms with E-state index >= 15 is 0 Å². The average molecular weight is 353 g/mol. The topological polar surface area (TPSA) is 65.4 Å². The van der Waals surface area contributed by atoms with E-state index in [0.717, 1.165) is 17.0 Å². The quantitative estimate of drug-likeness (QED) is 0.792. The van der Waals surface area contributed by atoms with Crippen molar-refractivity contribution in [2.24, 2.45) is 0 Å². The van der Waals surface area contributed by atoms with Crippen LogP contribution in [0.1, 0.15) is 27.3 Å². The molecule has 0 aliphatic heterocycles. The van der Waals surface area contributed by atoms with Crippen LogP contribution in [-0.4, -0.2) is 36.0 Å². The molecule has 6 nitrogen and oxygen atoms in total. The number of hydrogen-bond acceptors (Lipinski definition) is 4. The van der Waals surface area contributed by atoms with Gasteiger partial charge in [-0.1, -0.05) is 12.1 Å². The van der Waals surface area contributed by atoms with Crippen LogP contribution >= 0.6 is 0 Å². The summed E-state index contributed by atoms with van der Waals surface area (Å²) in [6, 6.07) is 5.89. The van der Waals surface area contributed by atoms with Gasteiger partial charge in [-0.3, -0.25) is 9.48 Å². The van der Waals surface area contributed by atoms with Crippen molar-refractivity contribution >= 4 is 5.91 Å². The standard InChI is InChI=1S/C17H21F2N3O3/c1-11-14(12(2)22(21-11)8-9-24-3)10-20-16(23)13-6-4-5-7-15(13)25-17(18)19/h4-7,17H,8-10H2,1-3H3,(H,20,23). The molecule has 2 aromatic rings. The van der Waals surface area contributed by atoms with E-state index in [1.54, 1.807) is 13.2 Å². The molecule has 0 radical (unpaired) electrons. The summed E-state index contributed by atoms with van der Waals surface area (Å²) in [6.07, 6.45) is 0. The predicted octanol–water partition coefficient (Wildman–Crippen LogP) is 2.68. The number of aromatic nitrogens is 2. The van der Waals surface area contributed by atoms with Gasteiger partial charge in [-0.25, -0.2) is 0 Å². The van der Waals surface area contributed by atoms with Gasteiger partial charge in [0.2, 0.25) is 0 Å². The molecule has 0 bridgehead atoms. The number of rotatable bonds is 8. The molecule has 8 heteroatoms. The Hall–Kier alpha value is -2.48. The van der Waals surface area contributed by atoms with Gasteiger partial charge in [-0.2, -0.15) is 13.9 Å². The van der Waals surface area contributed by atoms with Gasteiger partial charge in [0.25, 0.3) is 5.91 Å². The second kappa shape index (κ2) is 8.57. The zero-order valence-electron chi connectivity index (χ0n) is 14.4. The normalized spacial score (nSPS) is 11.0. The van der Waals surface area contributed by atoms with E-state index in [-0.39, 0.29) is 17.9 Å². The van der Waals surface area contributed by atoms with Gasteiger partial charge in [-0.15, -0.1) is 0 Å². The number of amides is 1. The Morgan fingerprint density at radius 2 is 2.04 bits per heavy atom. The fraction of sp³-hybridized carbons (Fsp3) is 0.412. The van der Waals surface area contributed by atoms with Crippen LogP contribution in [0.15, 0.2) is 24.3 Å². The molecule has 0 unspecified atom stereocenters. The number of methoxy groups -OCH3 is 1. The first-order valence-electron chi connectivity index (χ1n) is 7.78. The zero-order valence-corrected chi connectivity index (χ0v) is 14.4. The molecule has 0 saturated heterocycles. The van der Waals surface area contributed by atoms with E-state index < -0.39 is 12.5 Å². The SMILES string of the molecule is COCCn1nc(C)c(CNC(=O)c2ccccc2OC(F)F)c1C. The first-order chi connectivity index (χ1) is 11.9. The fourth-order valence-corrected chi connectivity index (χ4v) is 2.50. The van der Waals surface area contributed by atoms with E-state index in [1.807, 2.05) is 18.5 Å². The summed E-state index contributed by atoms with van der Waals surface area (Å²) in [6.45, 7) is 2.16. The average Bonchev–Trinajstić information content (AvgIpc) is 2.84. The smallest absolute Gasteiger partial charge is 0.387 e. The monoisotopic (exact) mass is 353 g/mol. The zero-order chi connectivity index (χ0) is 18.4. The molecule has 0 aliphatic rings. The molecule has 1 aromatic carbocycles. The number of para-hydroxylation sites is 1. The maximum atomic E-state index is 12.4. The first kappa shape index (κ1) is 18.9. The number of benzene rings is 1. The van der Waals surface area contributed by atoms with Crippen molar-refractivity contribution < 1.29 is 23.0 Å². The maximum Gasteiger partial charge on any atom is 0.387 e. The molecule has 0 aliphatic carbocycles. The summed E-state index contributed by atoms with van der Waals surface area (Å²) < 4.78 is 36.1. The van der Waals surface area contributed by atoms with Gasteiger partial charge in [-0.05, 0) is 26.0 Å². The van der Waals surface area contributed by atoms with Crippen molar-refractivity contribution in [1.29, 1.82) is 0 Å². The Morgan fingerprint density at radius 1 is 1.32 bits per heavy atom. The number of hydrogen-bond donors (Lipinski definition) is 1. The summed E-state index contributed by atoms with van der Waals surface area (Å²) in [5.74, 6) is -0.640. The van der Waals surface area contributed by atoms with Crippen molar-refractivity contribution in [2.75, 3.05) is 13.7 Å². The van der Waals surface area contributed by atoms with Crippen molar-refractivity contribution in [2.45, 2.75) is 33.5 Å². The summed E-state index contributed by atoms with van der Waals surface area (Å²) in [4.78, 5) is 12.3. The van der Waals surface area contributed by atoms with Crippen molar-refractivity contribution in [3.63, 3.8) is 0 Å². The molecule has 0 saturated carbocycles. The number of carbonyl (C=O) groups is 1. The molecular formula is C17H21F2N3O3. The molecule has 0 atom stereocenters. The van der Waals surface area contributed by atoms with Gasteiger partial charge in [0, 0.05) is 24.9 Å². The number of nitrogens with one attached hydrogen (secondary N) is 1. The Kier molecular flexibility index (Phi) is 6.46. The van der Waals surface area contributed by atoms with Crippen LogP contribution in [0.4, 0.5) is 8.78 Å². The lowest BCUT2D eigenvalue weighted by Crippen LogP contribution is -2.24. The summed E-state index contributed by atoms with van der Waals surface area (Å²) in [7, 11) is 1.62. The van der Waals surface area contributed by atoms with Gasteiger partial charge in [0.1, 0.15) is 5.75 Å². The lowest BCUT2D eigenvalue weighted by Gasteiger charge is -2.11. The van der Waals surface area contributed by atoms with Crippen LogP contribution in [0.3, 0.4) is 0 Å². The third-order valence-electron chi connectivity index (χ3n) is 3.81. The minimum atomic E-state index is -2.99. The number of carbonyl (C=O) groups excluding carboxylic acids is 1. The van der Waals surface area contributed by atoms with Crippen molar-refractivity contribution in [3.05, 3.63) is 46.8 Å². The lowest BCUT2D eigenvalue weighted by molar-refractivity contribution is -0.0501. The number of halogens is 2. The van der Waals surface area contributed by atoms with Gasteiger partial charge >= 0.3 is 6.61 Å². The lowest BCUT2D eigenvalue weighted by atomic mass is 10.1. The molecule has 136 valence electrons. The minimum absolute atomic E-state index is 0.0601. The Bertz CT molecular complexity index is 732. The van der Waals surface area contributed by atoms with Crippen molar-refractivity contribution in [1.82, 2.24) is 15.1 Å². The number of aryl methyl sites for hydroxylation is 1.